The Labute approximate surface area is 140 Å². The Morgan fingerprint density at radius 2 is 2.24 bits per heavy atom. The number of likely N-dealkylation sites (N-methyl/N-ethyl adjacent to an activating group) is 1. The molecule has 6 heteroatoms. The monoisotopic (exact) mass is 402 g/mol. The number of nitrogens with one attached hydrogen (secondary N) is 1. The predicted octanol–water partition coefficient (Wildman–Crippen LogP) is 1.11. The zero-order chi connectivity index (χ0) is 15.4. The standard InChI is InChI=1S/C15H23IN4O/c1-11-7-12(16)3-4-14(11)18-15(21)10-20-6-5-19(2)9-13(20)8-17/h3-4,7,13H,5-6,8-10,17H2,1-2H3,(H,18,21). The number of anilines is 1. The molecular formula is C15H23IN4O. The van der Waals surface area contributed by atoms with Crippen LogP contribution in [0.1, 0.15) is 5.56 Å². The van der Waals surface area contributed by atoms with Gasteiger partial charge in [-0.3, -0.25) is 9.69 Å². The van der Waals surface area contributed by atoms with E-state index in [0.29, 0.717) is 13.1 Å². The summed E-state index contributed by atoms with van der Waals surface area (Å²) in [6.07, 6.45) is 0. The van der Waals surface area contributed by atoms with E-state index in [4.69, 9.17) is 5.73 Å². The quantitative estimate of drug-likeness (QED) is 0.741. The maximum atomic E-state index is 12.3. The molecule has 0 spiro atoms. The first kappa shape index (κ1) is 16.7. The van der Waals surface area contributed by atoms with E-state index in [1.807, 2.05) is 19.1 Å². The van der Waals surface area contributed by atoms with Crippen LogP contribution in [-0.2, 0) is 4.79 Å². The maximum absolute atomic E-state index is 12.3. The van der Waals surface area contributed by atoms with Crippen molar-refractivity contribution in [2.24, 2.45) is 5.73 Å². The Morgan fingerprint density at radius 3 is 2.90 bits per heavy atom. The fourth-order valence-electron chi connectivity index (χ4n) is 2.62. The van der Waals surface area contributed by atoms with Crippen LogP contribution in [0.3, 0.4) is 0 Å². The molecule has 1 heterocycles. The number of piperazine rings is 1. The average molecular weight is 402 g/mol. The van der Waals surface area contributed by atoms with Gasteiger partial charge in [-0.2, -0.15) is 0 Å². The van der Waals surface area contributed by atoms with Crippen LogP contribution in [0.25, 0.3) is 0 Å². The first-order valence-electron chi connectivity index (χ1n) is 7.18. The van der Waals surface area contributed by atoms with Crippen LogP contribution in [0.5, 0.6) is 0 Å². The zero-order valence-electron chi connectivity index (χ0n) is 12.6. The van der Waals surface area contributed by atoms with Crippen LogP contribution in [0.2, 0.25) is 0 Å². The van der Waals surface area contributed by atoms with Crippen molar-refractivity contribution >= 4 is 34.2 Å². The third-order valence-corrected chi connectivity index (χ3v) is 4.56. The summed E-state index contributed by atoms with van der Waals surface area (Å²) in [4.78, 5) is 16.7. The van der Waals surface area contributed by atoms with Crippen molar-refractivity contribution in [2.45, 2.75) is 13.0 Å². The highest BCUT2D eigenvalue weighted by Crippen LogP contribution is 2.18. The Kier molecular flexibility index (Phi) is 5.98. The molecule has 1 aromatic carbocycles. The number of hydrogen-bond donors (Lipinski definition) is 2. The third kappa shape index (κ3) is 4.64. The third-order valence-electron chi connectivity index (χ3n) is 3.89. The molecule has 21 heavy (non-hydrogen) atoms. The molecule has 1 fully saturated rings. The molecule has 1 aliphatic heterocycles. The molecule has 1 aromatic rings. The van der Waals surface area contributed by atoms with Crippen molar-refractivity contribution in [3.63, 3.8) is 0 Å². The molecule has 0 bridgehead atoms. The molecule has 0 radical (unpaired) electrons. The lowest BCUT2D eigenvalue weighted by molar-refractivity contribution is -0.118. The minimum Gasteiger partial charge on any atom is -0.329 e. The van der Waals surface area contributed by atoms with E-state index in [9.17, 15) is 4.79 Å². The predicted molar refractivity (Wildman–Crippen MR) is 94.4 cm³/mol. The minimum absolute atomic E-state index is 0.0299. The number of hydrogen-bond acceptors (Lipinski definition) is 4. The van der Waals surface area contributed by atoms with Crippen LogP contribution in [0.15, 0.2) is 18.2 Å². The van der Waals surface area contributed by atoms with Gasteiger partial charge in [-0.25, -0.2) is 0 Å². The number of rotatable bonds is 4. The molecule has 3 N–H and O–H groups in total. The highest BCUT2D eigenvalue weighted by atomic mass is 127. The van der Waals surface area contributed by atoms with Crippen molar-refractivity contribution in [1.29, 1.82) is 0 Å². The van der Waals surface area contributed by atoms with Gasteiger partial charge in [0.2, 0.25) is 5.91 Å². The number of benzene rings is 1. The second kappa shape index (κ2) is 7.53. The van der Waals surface area contributed by atoms with E-state index in [0.717, 1.165) is 30.9 Å². The topological polar surface area (TPSA) is 61.6 Å². The molecule has 0 aliphatic carbocycles. The Balaban J connectivity index is 1.94. The summed E-state index contributed by atoms with van der Waals surface area (Å²) in [5, 5.41) is 3.00. The van der Waals surface area contributed by atoms with Gasteiger partial charge < -0.3 is 16.0 Å². The molecule has 2 rings (SSSR count). The van der Waals surface area contributed by atoms with Gasteiger partial charge in [0.25, 0.3) is 0 Å². The fourth-order valence-corrected chi connectivity index (χ4v) is 3.27. The van der Waals surface area contributed by atoms with Crippen LogP contribution >= 0.6 is 22.6 Å². The highest BCUT2D eigenvalue weighted by Gasteiger charge is 2.25. The maximum Gasteiger partial charge on any atom is 0.238 e. The molecule has 1 atom stereocenters. The Hall–Kier alpha value is -0.700. The normalized spacial score (nSPS) is 20.5. The second-order valence-corrected chi connectivity index (χ2v) is 6.88. The summed E-state index contributed by atoms with van der Waals surface area (Å²) in [6.45, 7) is 5.79. The lowest BCUT2D eigenvalue weighted by Gasteiger charge is -2.39. The smallest absolute Gasteiger partial charge is 0.238 e. The number of nitrogens with two attached hydrogens (primary N) is 1. The number of nitrogens with zero attached hydrogens (tertiary/aromatic N) is 2. The largest absolute Gasteiger partial charge is 0.329 e. The number of halogens is 1. The Morgan fingerprint density at radius 1 is 1.48 bits per heavy atom. The van der Waals surface area contributed by atoms with Crippen molar-refractivity contribution < 1.29 is 4.79 Å². The van der Waals surface area contributed by atoms with Gasteiger partial charge in [0.1, 0.15) is 0 Å². The second-order valence-electron chi connectivity index (χ2n) is 5.63. The minimum atomic E-state index is 0.0299. The summed E-state index contributed by atoms with van der Waals surface area (Å²) in [7, 11) is 2.09. The first-order chi connectivity index (χ1) is 9.99. The van der Waals surface area contributed by atoms with E-state index in [1.54, 1.807) is 0 Å². The van der Waals surface area contributed by atoms with Gasteiger partial charge in [-0.05, 0) is 60.3 Å². The average Bonchev–Trinajstić information content (AvgIpc) is 2.44. The van der Waals surface area contributed by atoms with E-state index >= 15 is 0 Å². The molecule has 1 saturated heterocycles. The van der Waals surface area contributed by atoms with Crippen molar-refractivity contribution in [3.8, 4) is 0 Å². The van der Waals surface area contributed by atoms with Gasteiger partial charge in [0, 0.05) is 41.5 Å². The van der Waals surface area contributed by atoms with Gasteiger partial charge in [0.05, 0.1) is 6.54 Å². The molecule has 0 aromatic heterocycles. The molecule has 1 unspecified atom stereocenters. The lowest BCUT2D eigenvalue weighted by atomic mass is 10.1. The van der Waals surface area contributed by atoms with Crippen molar-refractivity contribution in [3.05, 3.63) is 27.3 Å². The SMILES string of the molecule is Cc1cc(I)ccc1NC(=O)CN1CCN(C)CC1CN. The van der Waals surface area contributed by atoms with Crippen LogP contribution in [-0.4, -0.2) is 61.5 Å². The van der Waals surface area contributed by atoms with E-state index in [2.05, 4.69) is 50.8 Å². The summed E-state index contributed by atoms with van der Waals surface area (Å²) in [5.41, 5.74) is 7.80. The summed E-state index contributed by atoms with van der Waals surface area (Å²) >= 11 is 2.27. The van der Waals surface area contributed by atoms with Gasteiger partial charge >= 0.3 is 0 Å². The molecule has 116 valence electrons. The fraction of sp³-hybridized carbons (Fsp3) is 0.533. The molecular weight excluding hydrogens is 379 g/mol. The number of carbonyl (C=O) groups is 1. The lowest BCUT2D eigenvalue weighted by Crippen LogP contribution is -2.56. The highest BCUT2D eigenvalue weighted by molar-refractivity contribution is 14.1. The zero-order valence-corrected chi connectivity index (χ0v) is 14.8. The first-order valence-corrected chi connectivity index (χ1v) is 8.26. The van der Waals surface area contributed by atoms with Gasteiger partial charge in [-0.1, -0.05) is 0 Å². The van der Waals surface area contributed by atoms with Crippen LogP contribution in [0, 0.1) is 10.5 Å². The summed E-state index contributed by atoms with van der Waals surface area (Å²) < 4.78 is 1.17. The molecule has 1 aliphatic rings. The van der Waals surface area contributed by atoms with Crippen LogP contribution < -0.4 is 11.1 Å². The summed E-state index contributed by atoms with van der Waals surface area (Å²) in [5.74, 6) is 0.0299. The van der Waals surface area contributed by atoms with Crippen LogP contribution in [0.4, 0.5) is 5.69 Å². The van der Waals surface area contributed by atoms with E-state index in [1.165, 1.54) is 3.57 Å². The van der Waals surface area contributed by atoms with E-state index < -0.39 is 0 Å². The van der Waals surface area contributed by atoms with Gasteiger partial charge in [0.15, 0.2) is 0 Å². The number of aryl methyl sites for hydroxylation is 1. The molecule has 1 amide bonds. The summed E-state index contributed by atoms with van der Waals surface area (Å²) in [6, 6.07) is 6.28. The van der Waals surface area contributed by atoms with Crippen molar-refractivity contribution in [2.75, 3.05) is 45.1 Å². The molecule has 0 saturated carbocycles. The van der Waals surface area contributed by atoms with Crippen molar-refractivity contribution in [1.82, 2.24) is 9.80 Å². The number of carbonyl (C=O) groups excluding carboxylic acids is 1. The Bertz CT molecular complexity index is 508. The molecule has 5 nitrogen and oxygen atoms in total. The number of amides is 1. The van der Waals surface area contributed by atoms with Gasteiger partial charge in [-0.15, -0.1) is 0 Å². The van der Waals surface area contributed by atoms with E-state index in [-0.39, 0.29) is 11.9 Å².